The highest BCUT2D eigenvalue weighted by Crippen LogP contribution is 2.25. The van der Waals surface area contributed by atoms with E-state index in [9.17, 15) is 19.7 Å². The van der Waals surface area contributed by atoms with Gasteiger partial charge in [-0.1, -0.05) is 0 Å². The van der Waals surface area contributed by atoms with Crippen LogP contribution in [-0.2, 0) is 4.79 Å². The van der Waals surface area contributed by atoms with Gasteiger partial charge in [-0.05, 0) is 25.0 Å². The zero-order valence-electron chi connectivity index (χ0n) is 11.2. The van der Waals surface area contributed by atoms with Crippen molar-refractivity contribution in [3.05, 3.63) is 33.9 Å². The number of nitrogens with zero attached hydrogens (tertiary/aromatic N) is 1. The van der Waals surface area contributed by atoms with Crippen LogP contribution >= 0.6 is 0 Å². The van der Waals surface area contributed by atoms with Crippen molar-refractivity contribution >= 4 is 23.3 Å². The molecule has 0 aliphatic carbocycles. The summed E-state index contributed by atoms with van der Waals surface area (Å²) in [5.74, 6) is 0.806. The molecule has 0 bridgehead atoms. The predicted molar refractivity (Wildman–Crippen MR) is 76.0 cm³/mol. The van der Waals surface area contributed by atoms with E-state index >= 15 is 0 Å². The average molecular weight is 290 g/mol. The molecule has 0 aromatic heterocycles. The monoisotopic (exact) mass is 290 g/mol. The highest BCUT2D eigenvalue weighted by Gasteiger charge is 2.18. The van der Waals surface area contributed by atoms with E-state index in [0.29, 0.717) is 19.3 Å². The second-order valence-electron chi connectivity index (χ2n) is 4.25. The first-order valence-electron chi connectivity index (χ1n) is 6.20. The Kier molecular flexibility index (Phi) is 5.89. The van der Waals surface area contributed by atoms with Crippen molar-refractivity contribution in [3.8, 4) is 12.3 Å². The summed E-state index contributed by atoms with van der Waals surface area (Å²) in [7, 11) is 0. The second-order valence-corrected chi connectivity index (χ2v) is 4.25. The number of carboxylic acids is 1. The van der Waals surface area contributed by atoms with Gasteiger partial charge in [-0.2, -0.15) is 0 Å². The lowest BCUT2D eigenvalue weighted by Gasteiger charge is -2.06. The normalized spacial score (nSPS) is 9.67. The standard InChI is InChI=1S/C14H14N2O5/c1-2-3-4-5-6-13(17)15-11-8-7-10(14(18)19)9-12(11)16(20)21/h1,7-9H,3-6H2,(H,15,17)(H,18,19). The number of aromatic carboxylic acids is 1. The van der Waals surface area contributed by atoms with E-state index in [1.807, 2.05) is 0 Å². The first-order chi connectivity index (χ1) is 9.95. The number of nitrogens with one attached hydrogen (secondary N) is 1. The average Bonchev–Trinajstić information content (AvgIpc) is 2.43. The predicted octanol–water partition coefficient (Wildman–Crippen LogP) is 2.43. The maximum absolute atomic E-state index is 11.7. The molecule has 1 rings (SSSR count). The number of amides is 1. The van der Waals surface area contributed by atoms with Gasteiger partial charge in [-0.25, -0.2) is 4.79 Å². The summed E-state index contributed by atoms with van der Waals surface area (Å²) >= 11 is 0. The number of carbonyl (C=O) groups is 2. The van der Waals surface area contributed by atoms with Crippen LogP contribution in [0.2, 0.25) is 0 Å². The lowest BCUT2D eigenvalue weighted by Crippen LogP contribution is -2.13. The van der Waals surface area contributed by atoms with Crippen LogP contribution in [0, 0.1) is 22.5 Å². The first-order valence-corrected chi connectivity index (χ1v) is 6.20. The molecule has 0 radical (unpaired) electrons. The minimum atomic E-state index is -1.27. The number of unbranched alkanes of at least 4 members (excludes halogenated alkanes) is 2. The number of nitro groups is 1. The van der Waals surface area contributed by atoms with E-state index < -0.39 is 16.6 Å². The van der Waals surface area contributed by atoms with Crippen molar-refractivity contribution in [2.24, 2.45) is 0 Å². The zero-order valence-corrected chi connectivity index (χ0v) is 11.2. The molecular weight excluding hydrogens is 276 g/mol. The zero-order chi connectivity index (χ0) is 15.8. The van der Waals surface area contributed by atoms with Gasteiger partial charge in [0.05, 0.1) is 10.5 Å². The summed E-state index contributed by atoms with van der Waals surface area (Å²) in [6.07, 6.45) is 7.13. The summed E-state index contributed by atoms with van der Waals surface area (Å²) in [5, 5.41) is 22.1. The third-order valence-electron chi connectivity index (χ3n) is 2.69. The molecule has 0 saturated heterocycles. The fraction of sp³-hybridized carbons (Fsp3) is 0.286. The van der Waals surface area contributed by atoms with E-state index in [0.717, 1.165) is 6.07 Å². The summed E-state index contributed by atoms with van der Waals surface area (Å²) in [6.45, 7) is 0. The van der Waals surface area contributed by atoms with Gasteiger partial charge in [0.15, 0.2) is 0 Å². The molecule has 0 spiro atoms. The molecule has 1 aromatic carbocycles. The molecule has 0 aliphatic heterocycles. The maximum Gasteiger partial charge on any atom is 0.335 e. The quantitative estimate of drug-likeness (QED) is 0.347. The highest BCUT2D eigenvalue weighted by atomic mass is 16.6. The van der Waals surface area contributed by atoms with Gasteiger partial charge in [0.25, 0.3) is 5.69 Å². The minimum Gasteiger partial charge on any atom is -0.478 e. The molecule has 0 saturated carbocycles. The van der Waals surface area contributed by atoms with Crippen molar-refractivity contribution < 1.29 is 19.6 Å². The molecule has 0 aliphatic rings. The van der Waals surface area contributed by atoms with Crippen LogP contribution in [0.15, 0.2) is 18.2 Å². The Hall–Kier alpha value is -2.88. The van der Waals surface area contributed by atoms with Gasteiger partial charge in [0.1, 0.15) is 5.69 Å². The van der Waals surface area contributed by atoms with Crippen LogP contribution in [0.3, 0.4) is 0 Å². The van der Waals surface area contributed by atoms with Crippen molar-refractivity contribution in [1.82, 2.24) is 0 Å². The molecule has 2 N–H and O–H groups in total. The summed E-state index contributed by atoms with van der Waals surface area (Å²) < 4.78 is 0. The number of hydrogen-bond donors (Lipinski definition) is 2. The van der Waals surface area contributed by atoms with Crippen LogP contribution < -0.4 is 5.32 Å². The Morgan fingerprint density at radius 2 is 2.10 bits per heavy atom. The molecular formula is C14H14N2O5. The van der Waals surface area contributed by atoms with Crippen LogP contribution in [0.25, 0.3) is 0 Å². The number of carbonyl (C=O) groups excluding carboxylic acids is 1. The maximum atomic E-state index is 11.7. The smallest absolute Gasteiger partial charge is 0.335 e. The molecule has 7 nitrogen and oxygen atoms in total. The lowest BCUT2D eigenvalue weighted by molar-refractivity contribution is -0.384. The molecule has 1 amide bonds. The van der Waals surface area contributed by atoms with E-state index in [2.05, 4.69) is 11.2 Å². The lowest BCUT2D eigenvalue weighted by atomic mass is 10.1. The Morgan fingerprint density at radius 1 is 1.38 bits per heavy atom. The topological polar surface area (TPSA) is 110 Å². The third-order valence-corrected chi connectivity index (χ3v) is 2.69. The minimum absolute atomic E-state index is 0.0213. The van der Waals surface area contributed by atoms with Gasteiger partial charge < -0.3 is 10.4 Å². The summed E-state index contributed by atoms with van der Waals surface area (Å²) in [6, 6.07) is 3.32. The van der Waals surface area contributed by atoms with E-state index in [4.69, 9.17) is 11.5 Å². The number of benzene rings is 1. The van der Waals surface area contributed by atoms with Gasteiger partial charge in [-0.3, -0.25) is 14.9 Å². The number of nitro benzene ring substituents is 1. The van der Waals surface area contributed by atoms with Gasteiger partial charge in [-0.15, -0.1) is 12.3 Å². The van der Waals surface area contributed by atoms with E-state index in [1.54, 1.807) is 0 Å². The van der Waals surface area contributed by atoms with Crippen LogP contribution in [-0.4, -0.2) is 21.9 Å². The van der Waals surface area contributed by atoms with Crippen molar-refractivity contribution in [2.75, 3.05) is 5.32 Å². The number of carboxylic acid groups (broad SMARTS) is 1. The van der Waals surface area contributed by atoms with Crippen molar-refractivity contribution in [1.29, 1.82) is 0 Å². The van der Waals surface area contributed by atoms with E-state index in [1.165, 1.54) is 12.1 Å². The molecule has 7 heteroatoms. The van der Waals surface area contributed by atoms with Gasteiger partial charge in [0.2, 0.25) is 5.91 Å². The first kappa shape index (κ1) is 16.2. The molecule has 1 aromatic rings. The Labute approximate surface area is 121 Å². The number of terminal acetylenes is 1. The summed E-state index contributed by atoms with van der Waals surface area (Å²) in [5.41, 5.74) is -0.687. The third kappa shape index (κ3) is 4.95. The molecule has 21 heavy (non-hydrogen) atoms. The Morgan fingerprint density at radius 3 is 2.67 bits per heavy atom. The molecule has 0 unspecified atom stereocenters. The van der Waals surface area contributed by atoms with Crippen molar-refractivity contribution in [2.45, 2.75) is 25.7 Å². The molecule has 110 valence electrons. The number of rotatable bonds is 7. The number of hydrogen-bond acceptors (Lipinski definition) is 4. The molecule has 0 fully saturated rings. The SMILES string of the molecule is C#CCCCCC(=O)Nc1ccc(C(=O)O)cc1[N+](=O)[O-]. The Balaban J connectivity index is 2.78. The van der Waals surface area contributed by atoms with E-state index in [-0.39, 0.29) is 23.6 Å². The fourth-order valence-electron chi connectivity index (χ4n) is 1.65. The molecule has 0 atom stereocenters. The largest absolute Gasteiger partial charge is 0.478 e. The molecule has 0 heterocycles. The Bertz CT molecular complexity index is 604. The van der Waals surface area contributed by atoms with Crippen LogP contribution in [0.5, 0.6) is 0 Å². The number of anilines is 1. The fourth-order valence-corrected chi connectivity index (χ4v) is 1.65. The summed E-state index contributed by atoms with van der Waals surface area (Å²) in [4.78, 5) is 32.6. The van der Waals surface area contributed by atoms with Crippen LogP contribution in [0.1, 0.15) is 36.0 Å². The van der Waals surface area contributed by atoms with Crippen LogP contribution in [0.4, 0.5) is 11.4 Å². The van der Waals surface area contributed by atoms with Crippen molar-refractivity contribution in [3.63, 3.8) is 0 Å². The van der Waals surface area contributed by atoms with Gasteiger partial charge >= 0.3 is 5.97 Å². The van der Waals surface area contributed by atoms with Gasteiger partial charge in [0, 0.05) is 18.9 Å². The second kappa shape index (κ2) is 7.65. The highest BCUT2D eigenvalue weighted by molar-refractivity contribution is 5.95.